The quantitative estimate of drug-likeness (QED) is 0.354. The zero-order valence-electron chi connectivity index (χ0n) is 17.1. The first kappa shape index (κ1) is 22.6. The van der Waals surface area contributed by atoms with Gasteiger partial charge >= 0.3 is 5.97 Å². The molecule has 3 rings (SSSR count). The highest BCUT2D eigenvalue weighted by molar-refractivity contribution is 7.99. The molecule has 1 N–H and O–H groups in total. The van der Waals surface area contributed by atoms with Gasteiger partial charge in [0.1, 0.15) is 11.5 Å². The van der Waals surface area contributed by atoms with Crippen LogP contribution in [-0.4, -0.2) is 43.4 Å². The summed E-state index contributed by atoms with van der Waals surface area (Å²) >= 11 is 2.83. The number of hydrogen-bond donors (Lipinski definition) is 1. The van der Waals surface area contributed by atoms with Gasteiger partial charge in [0.15, 0.2) is 11.7 Å². The van der Waals surface area contributed by atoms with Crippen LogP contribution in [0.25, 0.3) is 11.3 Å². The van der Waals surface area contributed by atoms with Crippen LogP contribution in [0.15, 0.2) is 58.8 Å². The third-order valence-electron chi connectivity index (χ3n) is 4.12. The van der Waals surface area contributed by atoms with Crippen molar-refractivity contribution in [1.29, 1.82) is 0 Å². The summed E-state index contributed by atoms with van der Waals surface area (Å²) in [6, 6.07) is 15.2. The second kappa shape index (κ2) is 11.4. The average molecular weight is 459 g/mol. The maximum Gasteiger partial charge on any atom is 0.307 e. The van der Waals surface area contributed by atoms with Crippen molar-refractivity contribution in [2.75, 3.05) is 31.9 Å². The van der Waals surface area contributed by atoms with Crippen LogP contribution < -0.4 is 14.8 Å². The number of thioether (sulfide) groups is 1. The molecule has 0 fully saturated rings. The molecular formula is C22H22N2O5S2. The van der Waals surface area contributed by atoms with Crippen molar-refractivity contribution in [2.24, 2.45) is 0 Å². The second-order valence-electron chi connectivity index (χ2n) is 6.22. The average Bonchev–Trinajstić information content (AvgIpc) is 3.26. The highest BCUT2D eigenvalue weighted by Gasteiger charge is 2.14. The van der Waals surface area contributed by atoms with Crippen LogP contribution in [0, 0.1) is 0 Å². The van der Waals surface area contributed by atoms with Crippen molar-refractivity contribution in [3.63, 3.8) is 0 Å². The standard InChI is InChI=1S/C22H22N2O5S2/c1-27-15-8-9-19(28-2)17(12-15)18-14-31-22(23-18)24-20(25)13-29-21(26)10-11-30-16-6-4-3-5-7-16/h3-9,12,14H,10-11,13H2,1-2H3,(H,23,24,25). The highest BCUT2D eigenvalue weighted by Crippen LogP contribution is 2.35. The predicted molar refractivity (Wildman–Crippen MR) is 122 cm³/mol. The molecule has 0 radical (unpaired) electrons. The fraction of sp³-hybridized carbons (Fsp3) is 0.227. The van der Waals surface area contributed by atoms with Crippen molar-refractivity contribution in [2.45, 2.75) is 11.3 Å². The largest absolute Gasteiger partial charge is 0.497 e. The van der Waals surface area contributed by atoms with Crippen LogP contribution in [0.3, 0.4) is 0 Å². The number of carbonyl (C=O) groups is 2. The summed E-state index contributed by atoms with van der Waals surface area (Å²) < 4.78 is 15.7. The van der Waals surface area contributed by atoms with E-state index < -0.39 is 11.9 Å². The third kappa shape index (κ3) is 6.73. The van der Waals surface area contributed by atoms with E-state index in [0.29, 0.717) is 28.1 Å². The SMILES string of the molecule is COc1ccc(OC)c(-c2csc(NC(=O)COC(=O)CCSc3ccccc3)n2)c1. The molecule has 7 nitrogen and oxygen atoms in total. The van der Waals surface area contributed by atoms with E-state index >= 15 is 0 Å². The van der Waals surface area contributed by atoms with Crippen molar-refractivity contribution in [3.8, 4) is 22.8 Å². The number of aromatic nitrogens is 1. The molecule has 0 bridgehead atoms. The van der Waals surface area contributed by atoms with Crippen LogP contribution in [0.1, 0.15) is 6.42 Å². The van der Waals surface area contributed by atoms with E-state index in [9.17, 15) is 9.59 Å². The Morgan fingerprint density at radius 2 is 1.90 bits per heavy atom. The summed E-state index contributed by atoms with van der Waals surface area (Å²) in [4.78, 5) is 29.5. The van der Waals surface area contributed by atoms with Gasteiger partial charge in [0.2, 0.25) is 0 Å². The number of rotatable bonds is 10. The smallest absolute Gasteiger partial charge is 0.307 e. The molecule has 2 aromatic carbocycles. The van der Waals surface area contributed by atoms with Gasteiger partial charge < -0.3 is 14.2 Å². The summed E-state index contributed by atoms with van der Waals surface area (Å²) in [5, 5.41) is 4.86. The molecule has 0 spiro atoms. The number of nitrogens with zero attached hydrogens (tertiary/aromatic N) is 1. The van der Waals surface area contributed by atoms with Gasteiger partial charge in [-0.1, -0.05) is 18.2 Å². The third-order valence-corrected chi connectivity index (χ3v) is 5.89. The number of esters is 1. The Kier molecular flexibility index (Phi) is 8.31. The monoisotopic (exact) mass is 458 g/mol. The van der Waals surface area contributed by atoms with E-state index in [1.165, 1.54) is 11.3 Å². The summed E-state index contributed by atoms with van der Waals surface area (Å²) in [7, 11) is 3.16. The highest BCUT2D eigenvalue weighted by atomic mass is 32.2. The molecule has 0 saturated heterocycles. The van der Waals surface area contributed by atoms with E-state index in [-0.39, 0.29) is 13.0 Å². The Balaban J connectivity index is 1.47. The minimum absolute atomic E-state index is 0.226. The molecular weight excluding hydrogens is 436 g/mol. The molecule has 0 saturated carbocycles. The summed E-state index contributed by atoms with van der Waals surface area (Å²) in [6.07, 6.45) is 0.226. The van der Waals surface area contributed by atoms with Gasteiger partial charge in [-0.15, -0.1) is 23.1 Å². The topological polar surface area (TPSA) is 86.8 Å². The lowest BCUT2D eigenvalue weighted by atomic mass is 10.1. The summed E-state index contributed by atoms with van der Waals surface area (Å²) in [5.74, 6) is 1.04. The fourth-order valence-electron chi connectivity index (χ4n) is 2.61. The van der Waals surface area contributed by atoms with Gasteiger partial charge in [-0.3, -0.25) is 14.9 Å². The molecule has 1 amide bonds. The fourth-order valence-corrected chi connectivity index (χ4v) is 4.19. The van der Waals surface area contributed by atoms with Gasteiger partial charge in [0.05, 0.1) is 26.3 Å². The minimum atomic E-state index is -0.442. The Labute approximate surface area is 188 Å². The van der Waals surface area contributed by atoms with Crippen LogP contribution in [0.5, 0.6) is 11.5 Å². The molecule has 0 aliphatic carbocycles. The lowest BCUT2D eigenvalue weighted by Gasteiger charge is -2.08. The van der Waals surface area contributed by atoms with E-state index in [2.05, 4.69) is 10.3 Å². The van der Waals surface area contributed by atoms with Gasteiger partial charge in [0.25, 0.3) is 5.91 Å². The van der Waals surface area contributed by atoms with E-state index in [1.54, 1.807) is 43.5 Å². The number of hydrogen-bond acceptors (Lipinski definition) is 8. The number of nitrogens with one attached hydrogen (secondary N) is 1. The first-order valence-electron chi connectivity index (χ1n) is 9.40. The lowest BCUT2D eigenvalue weighted by Crippen LogP contribution is -2.21. The Hall–Kier alpha value is -3.04. The van der Waals surface area contributed by atoms with Crippen LogP contribution >= 0.6 is 23.1 Å². The van der Waals surface area contributed by atoms with Crippen molar-refractivity contribution in [3.05, 3.63) is 53.9 Å². The predicted octanol–water partition coefficient (Wildman–Crippen LogP) is 4.49. The Morgan fingerprint density at radius 1 is 1.10 bits per heavy atom. The molecule has 162 valence electrons. The number of ether oxygens (including phenoxy) is 3. The van der Waals surface area contributed by atoms with Gasteiger partial charge in [-0.2, -0.15) is 0 Å². The zero-order chi connectivity index (χ0) is 22.1. The number of carbonyl (C=O) groups excluding carboxylic acids is 2. The van der Waals surface area contributed by atoms with Gasteiger partial charge in [-0.05, 0) is 30.3 Å². The molecule has 0 unspecified atom stereocenters. The zero-order valence-corrected chi connectivity index (χ0v) is 18.8. The van der Waals surface area contributed by atoms with Crippen LogP contribution in [-0.2, 0) is 14.3 Å². The van der Waals surface area contributed by atoms with E-state index in [0.717, 1.165) is 10.5 Å². The van der Waals surface area contributed by atoms with Gasteiger partial charge in [0, 0.05) is 21.6 Å². The molecule has 31 heavy (non-hydrogen) atoms. The Morgan fingerprint density at radius 3 is 2.65 bits per heavy atom. The molecule has 1 aromatic heterocycles. The maximum absolute atomic E-state index is 12.1. The van der Waals surface area contributed by atoms with E-state index in [1.807, 2.05) is 36.4 Å². The number of methoxy groups -OCH3 is 2. The van der Waals surface area contributed by atoms with Gasteiger partial charge in [-0.25, -0.2) is 4.98 Å². The van der Waals surface area contributed by atoms with E-state index in [4.69, 9.17) is 14.2 Å². The molecule has 0 aliphatic heterocycles. The first-order valence-corrected chi connectivity index (χ1v) is 11.3. The molecule has 1 heterocycles. The van der Waals surface area contributed by atoms with Crippen LogP contribution in [0.2, 0.25) is 0 Å². The number of amides is 1. The van der Waals surface area contributed by atoms with Crippen molar-refractivity contribution >= 4 is 40.1 Å². The summed E-state index contributed by atoms with van der Waals surface area (Å²) in [6.45, 7) is -0.355. The molecule has 0 aliphatic rings. The van der Waals surface area contributed by atoms with Crippen LogP contribution in [0.4, 0.5) is 5.13 Å². The minimum Gasteiger partial charge on any atom is -0.497 e. The van der Waals surface area contributed by atoms with Crippen molar-refractivity contribution < 1.29 is 23.8 Å². The molecule has 9 heteroatoms. The number of thiazole rings is 1. The summed E-state index contributed by atoms with van der Waals surface area (Å²) in [5.41, 5.74) is 1.40. The normalized spacial score (nSPS) is 10.4. The molecule has 0 atom stereocenters. The second-order valence-corrected chi connectivity index (χ2v) is 8.25. The van der Waals surface area contributed by atoms with Crippen molar-refractivity contribution in [1.82, 2.24) is 4.98 Å². The maximum atomic E-state index is 12.1. The molecule has 3 aromatic rings. The Bertz CT molecular complexity index is 1020. The number of benzene rings is 2. The lowest BCUT2D eigenvalue weighted by molar-refractivity contribution is -0.146. The first-order chi connectivity index (χ1) is 15.1. The number of anilines is 1.